The highest BCUT2D eigenvalue weighted by molar-refractivity contribution is 5.76. The molecule has 0 aliphatic rings. The minimum Gasteiger partial charge on any atom is -0.383 e. The predicted octanol–water partition coefficient (Wildman–Crippen LogP) is 2.75. The first-order chi connectivity index (χ1) is 14.4. The Labute approximate surface area is 174 Å². The van der Waals surface area contributed by atoms with E-state index in [1.54, 1.807) is 7.05 Å². The summed E-state index contributed by atoms with van der Waals surface area (Å²) in [5.41, 5.74) is 4.36. The fourth-order valence-corrected chi connectivity index (χ4v) is 3.93. The normalized spacial score (nSPS) is 11.6. The van der Waals surface area contributed by atoms with Gasteiger partial charge in [-0.25, -0.2) is 4.79 Å². The average Bonchev–Trinajstić information content (AvgIpc) is 3.23. The maximum absolute atomic E-state index is 12.4. The van der Waals surface area contributed by atoms with Crippen LogP contribution in [0.25, 0.3) is 16.9 Å². The van der Waals surface area contributed by atoms with E-state index < -0.39 is 11.2 Å². The summed E-state index contributed by atoms with van der Waals surface area (Å²) in [6, 6.07) is 8.59. The number of imidazole rings is 2. The van der Waals surface area contributed by atoms with Crippen molar-refractivity contribution in [2.75, 3.05) is 11.9 Å². The van der Waals surface area contributed by atoms with Crippen molar-refractivity contribution in [3.63, 3.8) is 0 Å². The van der Waals surface area contributed by atoms with Crippen LogP contribution in [-0.4, -0.2) is 30.0 Å². The smallest absolute Gasteiger partial charge is 0.329 e. The maximum atomic E-state index is 12.4. The van der Waals surface area contributed by atoms with Gasteiger partial charge in [-0.1, -0.05) is 25.5 Å². The minimum atomic E-state index is -0.460. The van der Waals surface area contributed by atoms with E-state index in [4.69, 9.17) is 0 Å². The van der Waals surface area contributed by atoms with Gasteiger partial charge in [0.1, 0.15) is 0 Å². The van der Waals surface area contributed by atoms with Crippen molar-refractivity contribution < 1.29 is 0 Å². The molecule has 2 N–H and O–H groups in total. The van der Waals surface area contributed by atoms with Crippen LogP contribution in [0, 0.1) is 13.8 Å². The van der Waals surface area contributed by atoms with Gasteiger partial charge in [0.25, 0.3) is 5.56 Å². The molecule has 8 heteroatoms. The van der Waals surface area contributed by atoms with Crippen LogP contribution in [0.5, 0.6) is 0 Å². The van der Waals surface area contributed by atoms with Gasteiger partial charge in [-0.15, -0.1) is 0 Å². The highest BCUT2D eigenvalue weighted by Crippen LogP contribution is 2.20. The van der Waals surface area contributed by atoms with Gasteiger partial charge >= 0.3 is 5.69 Å². The molecule has 3 heterocycles. The van der Waals surface area contributed by atoms with Crippen LogP contribution in [0.4, 0.5) is 5.69 Å². The number of hydrogen-bond donors (Lipinski definition) is 2. The van der Waals surface area contributed by atoms with Gasteiger partial charge in [-0.05, 0) is 44.4 Å². The summed E-state index contributed by atoms with van der Waals surface area (Å²) >= 11 is 0. The van der Waals surface area contributed by atoms with Crippen LogP contribution in [-0.2, 0) is 20.0 Å². The van der Waals surface area contributed by atoms with Crippen molar-refractivity contribution >= 4 is 22.6 Å². The van der Waals surface area contributed by atoms with Crippen molar-refractivity contribution in [1.29, 1.82) is 0 Å². The molecule has 0 saturated heterocycles. The number of aromatic amines is 1. The molecule has 158 valence electrons. The molecule has 0 saturated carbocycles. The summed E-state index contributed by atoms with van der Waals surface area (Å²) in [6.45, 7) is 7.60. The van der Waals surface area contributed by atoms with Crippen molar-refractivity contribution in [1.82, 2.24) is 23.5 Å². The number of nitrogens with one attached hydrogen (secondary N) is 2. The molecule has 0 atom stereocenters. The fourth-order valence-electron chi connectivity index (χ4n) is 3.93. The largest absolute Gasteiger partial charge is 0.383 e. The van der Waals surface area contributed by atoms with Crippen molar-refractivity contribution in [2.24, 2.45) is 7.05 Å². The standard InChI is InChI=1S/C22H28N6O2/c1-5-6-7-16-8-10-17(11-9-16)23-12-13-27-14(2)15(3)28-18-19(24-21(27)28)26(4)22(30)25-20(18)29/h8-11,23H,5-7,12-13H2,1-4H3,(H,25,29,30). The summed E-state index contributed by atoms with van der Waals surface area (Å²) in [4.78, 5) is 31.4. The van der Waals surface area contributed by atoms with Crippen LogP contribution in [0.15, 0.2) is 33.9 Å². The number of unbranched alkanes of at least 4 members (excludes halogenated alkanes) is 1. The molecular weight excluding hydrogens is 380 g/mol. The van der Waals surface area contributed by atoms with Gasteiger partial charge in [-0.2, -0.15) is 4.98 Å². The molecule has 1 aromatic carbocycles. The number of nitrogens with zero attached hydrogens (tertiary/aromatic N) is 4. The summed E-state index contributed by atoms with van der Waals surface area (Å²) in [5, 5.41) is 3.46. The van der Waals surface area contributed by atoms with Crippen LogP contribution < -0.4 is 16.6 Å². The molecule has 0 aliphatic heterocycles. The summed E-state index contributed by atoms with van der Waals surface area (Å²) in [5.74, 6) is 0.670. The Morgan fingerprint density at radius 1 is 1.10 bits per heavy atom. The Kier molecular flexibility index (Phi) is 5.24. The molecule has 0 unspecified atom stereocenters. The predicted molar refractivity (Wildman–Crippen MR) is 120 cm³/mol. The third-order valence-electron chi connectivity index (χ3n) is 5.84. The van der Waals surface area contributed by atoms with Gasteiger partial charge in [0.05, 0.1) is 0 Å². The van der Waals surface area contributed by atoms with E-state index >= 15 is 0 Å². The molecule has 0 aliphatic carbocycles. The number of fused-ring (bicyclic) bond motifs is 3. The van der Waals surface area contributed by atoms with E-state index in [0.29, 0.717) is 23.5 Å². The number of aryl methyl sites for hydroxylation is 3. The number of rotatable bonds is 7. The lowest BCUT2D eigenvalue weighted by molar-refractivity contribution is 0.722. The monoisotopic (exact) mass is 408 g/mol. The molecule has 3 aromatic heterocycles. The topological polar surface area (TPSA) is 89.1 Å². The third kappa shape index (κ3) is 3.32. The molecule has 0 radical (unpaired) electrons. The highest BCUT2D eigenvalue weighted by Gasteiger charge is 2.20. The molecule has 8 nitrogen and oxygen atoms in total. The van der Waals surface area contributed by atoms with Crippen LogP contribution >= 0.6 is 0 Å². The summed E-state index contributed by atoms with van der Waals surface area (Å²) in [6.07, 6.45) is 3.53. The summed E-state index contributed by atoms with van der Waals surface area (Å²) < 4.78 is 5.30. The zero-order chi connectivity index (χ0) is 21.4. The molecule has 0 spiro atoms. The fraction of sp³-hybridized carbons (Fsp3) is 0.409. The van der Waals surface area contributed by atoms with Gasteiger partial charge in [0, 0.05) is 37.2 Å². The number of H-pyrrole nitrogens is 1. The van der Waals surface area contributed by atoms with Crippen molar-refractivity contribution in [3.05, 3.63) is 62.1 Å². The van der Waals surface area contributed by atoms with E-state index in [2.05, 4.69) is 51.0 Å². The first-order valence-electron chi connectivity index (χ1n) is 10.4. The van der Waals surface area contributed by atoms with Gasteiger partial charge in [-0.3, -0.25) is 18.7 Å². The van der Waals surface area contributed by atoms with E-state index in [9.17, 15) is 9.59 Å². The van der Waals surface area contributed by atoms with Crippen LogP contribution in [0.2, 0.25) is 0 Å². The number of benzene rings is 1. The molecule has 4 aromatic rings. The molecule has 4 rings (SSSR count). The summed E-state index contributed by atoms with van der Waals surface area (Å²) in [7, 11) is 1.62. The molecule has 0 amide bonds. The molecule has 0 bridgehead atoms. The SMILES string of the molecule is CCCCc1ccc(NCCn2c(C)c(C)n3c4c(=O)[nH]c(=O)n(C)c4nc23)cc1. The quantitative estimate of drug-likeness (QED) is 0.492. The second-order valence-electron chi connectivity index (χ2n) is 7.79. The number of anilines is 1. The first-order valence-corrected chi connectivity index (χ1v) is 10.4. The van der Waals surface area contributed by atoms with E-state index in [1.807, 2.05) is 18.2 Å². The number of hydrogen-bond acceptors (Lipinski definition) is 4. The zero-order valence-electron chi connectivity index (χ0n) is 18.0. The maximum Gasteiger partial charge on any atom is 0.329 e. The Balaban J connectivity index is 1.60. The highest BCUT2D eigenvalue weighted by atomic mass is 16.2. The van der Waals surface area contributed by atoms with Crippen LogP contribution in [0.3, 0.4) is 0 Å². The third-order valence-corrected chi connectivity index (χ3v) is 5.84. The van der Waals surface area contributed by atoms with E-state index in [0.717, 1.165) is 30.0 Å². The Morgan fingerprint density at radius 2 is 1.83 bits per heavy atom. The zero-order valence-corrected chi connectivity index (χ0v) is 18.0. The molecular formula is C22H28N6O2. The lowest BCUT2D eigenvalue weighted by atomic mass is 10.1. The Hall–Kier alpha value is -3.29. The Morgan fingerprint density at radius 3 is 2.53 bits per heavy atom. The minimum absolute atomic E-state index is 0.395. The second-order valence-corrected chi connectivity index (χ2v) is 7.79. The molecule has 30 heavy (non-hydrogen) atoms. The average molecular weight is 409 g/mol. The molecule has 0 fully saturated rings. The lowest BCUT2D eigenvalue weighted by Crippen LogP contribution is -2.28. The Bertz CT molecular complexity index is 1320. The van der Waals surface area contributed by atoms with Gasteiger partial charge < -0.3 is 9.88 Å². The van der Waals surface area contributed by atoms with Gasteiger partial charge in [0.15, 0.2) is 11.2 Å². The van der Waals surface area contributed by atoms with Crippen LogP contribution in [0.1, 0.15) is 36.7 Å². The lowest BCUT2D eigenvalue weighted by Gasteiger charge is -2.10. The van der Waals surface area contributed by atoms with Crippen molar-refractivity contribution in [2.45, 2.75) is 46.6 Å². The first kappa shape index (κ1) is 20.0. The second kappa shape index (κ2) is 7.85. The van der Waals surface area contributed by atoms with E-state index in [1.165, 1.54) is 23.0 Å². The van der Waals surface area contributed by atoms with E-state index in [-0.39, 0.29) is 0 Å². The van der Waals surface area contributed by atoms with Gasteiger partial charge in [0.2, 0.25) is 5.78 Å². The van der Waals surface area contributed by atoms with Crippen molar-refractivity contribution in [3.8, 4) is 0 Å². The number of aromatic nitrogens is 5.